The van der Waals surface area contributed by atoms with Crippen molar-refractivity contribution < 1.29 is 17.9 Å². The third-order valence-electron chi connectivity index (χ3n) is 4.36. The number of benzene rings is 2. The van der Waals surface area contributed by atoms with Gasteiger partial charge in [-0.1, -0.05) is 12.1 Å². The lowest BCUT2D eigenvalue weighted by atomic mass is 10.1. The standard InChI is InChI=1S/C20H27N3O4S/c1-21-28(25,26)19-14-16(9-12-18(19)27-4)20(24)22-13-5-6-15-7-10-17(11-8-15)23(2)3/h7-12,14,21H,5-6,13H2,1-4H3,(H,22,24). The highest BCUT2D eigenvalue weighted by molar-refractivity contribution is 7.89. The zero-order valence-corrected chi connectivity index (χ0v) is 17.5. The van der Waals surface area contributed by atoms with Crippen LogP contribution in [0.4, 0.5) is 5.69 Å². The largest absolute Gasteiger partial charge is 0.495 e. The van der Waals surface area contributed by atoms with Crippen molar-refractivity contribution in [3.63, 3.8) is 0 Å². The van der Waals surface area contributed by atoms with Gasteiger partial charge in [0.25, 0.3) is 5.91 Å². The fourth-order valence-corrected chi connectivity index (χ4v) is 3.61. The van der Waals surface area contributed by atoms with Crippen LogP contribution in [0, 0.1) is 0 Å². The molecule has 0 aliphatic carbocycles. The quantitative estimate of drug-likeness (QED) is 0.624. The second-order valence-corrected chi connectivity index (χ2v) is 8.35. The summed E-state index contributed by atoms with van der Waals surface area (Å²) < 4.78 is 31.5. The van der Waals surface area contributed by atoms with Crippen molar-refractivity contribution in [2.24, 2.45) is 0 Å². The molecule has 2 N–H and O–H groups in total. The molecule has 0 saturated carbocycles. The predicted octanol–water partition coefficient (Wildman–Crippen LogP) is 2.03. The molecule has 0 spiro atoms. The zero-order valence-electron chi connectivity index (χ0n) is 16.7. The highest BCUT2D eigenvalue weighted by Gasteiger charge is 2.20. The van der Waals surface area contributed by atoms with Crippen molar-refractivity contribution in [1.29, 1.82) is 0 Å². The number of sulfonamides is 1. The average Bonchev–Trinajstić information content (AvgIpc) is 2.70. The minimum absolute atomic E-state index is 0.0638. The lowest BCUT2D eigenvalue weighted by Crippen LogP contribution is -2.26. The molecule has 1 amide bonds. The number of rotatable bonds is 9. The van der Waals surface area contributed by atoms with Crippen LogP contribution in [0.2, 0.25) is 0 Å². The number of carbonyl (C=O) groups is 1. The van der Waals surface area contributed by atoms with E-state index < -0.39 is 10.0 Å². The van der Waals surface area contributed by atoms with Crippen LogP contribution in [0.1, 0.15) is 22.3 Å². The molecular formula is C20H27N3O4S. The van der Waals surface area contributed by atoms with Gasteiger partial charge in [0, 0.05) is 31.9 Å². The first kappa shape index (κ1) is 21.7. The highest BCUT2D eigenvalue weighted by Crippen LogP contribution is 2.24. The van der Waals surface area contributed by atoms with Gasteiger partial charge >= 0.3 is 0 Å². The molecule has 0 atom stereocenters. The van der Waals surface area contributed by atoms with Gasteiger partial charge in [-0.3, -0.25) is 4.79 Å². The normalized spacial score (nSPS) is 11.1. The van der Waals surface area contributed by atoms with Gasteiger partial charge in [-0.15, -0.1) is 0 Å². The van der Waals surface area contributed by atoms with Crippen LogP contribution in [0.5, 0.6) is 5.75 Å². The van der Waals surface area contributed by atoms with Crippen molar-refractivity contribution in [3.05, 3.63) is 53.6 Å². The Bertz CT molecular complexity index is 910. The molecule has 0 aliphatic rings. The monoisotopic (exact) mass is 405 g/mol. The molecule has 2 rings (SSSR count). The summed E-state index contributed by atoms with van der Waals surface area (Å²) in [5.41, 5.74) is 2.61. The Morgan fingerprint density at radius 3 is 2.36 bits per heavy atom. The van der Waals surface area contributed by atoms with Gasteiger partial charge in [0.1, 0.15) is 10.6 Å². The lowest BCUT2D eigenvalue weighted by Gasteiger charge is -2.13. The molecule has 8 heteroatoms. The van der Waals surface area contributed by atoms with Crippen molar-refractivity contribution in [3.8, 4) is 5.75 Å². The summed E-state index contributed by atoms with van der Waals surface area (Å²) in [6, 6.07) is 12.6. The minimum Gasteiger partial charge on any atom is -0.495 e. The molecule has 28 heavy (non-hydrogen) atoms. The van der Waals surface area contributed by atoms with Crippen LogP contribution in [0.3, 0.4) is 0 Å². The number of methoxy groups -OCH3 is 1. The summed E-state index contributed by atoms with van der Waals surface area (Å²) in [5.74, 6) is -0.134. The topological polar surface area (TPSA) is 87.7 Å². The molecule has 0 bridgehead atoms. The molecule has 0 unspecified atom stereocenters. The number of amides is 1. The SMILES string of the molecule is CNS(=O)(=O)c1cc(C(=O)NCCCc2ccc(N(C)C)cc2)ccc1OC. The van der Waals surface area contributed by atoms with E-state index in [1.807, 2.05) is 19.0 Å². The molecule has 0 fully saturated rings. The summed E-state index contributed by atoms with van der Waals surface area (Å²) in [7, 11) is 2.96. The molecule has 0 aliphatic heterocycles. The van der Waals surface area contributed by atoms with E-state index in [0.29, 0.717) is 6.54 Å². The number of aryl methyl sites for hydroxylation is 1. The Morgan fingerprint density at radius 1 is 1.11 bits per heavy atom. The van der Waals surface area contributed by atoms with E-state index in [9.17, 15) is 13.2 Å². The van der Waals surface area contributed by atoms with Crippen molar-refractivity contribution in [2.75, 3.05) is 39.7 Å². The molecular weight excluding hydrogens is 378 g/mol. The second-order valence-electron chi connectivity index (χ2n) is 6.49. The Hall–Kier alpha value is -2.58. The fourth-order valence-electron chi connectivity index (χ4n) is 2.70. The van der Waals surface area contributed by atoms with Crippen molar-refractivity contribution in [2.45, 2.75) is 17.7 Å². The molecule has 0 radical (unpaired) electrons. The number of carbonyl (C=O) groups excluding carboxylic acids is 1. The van der Waals surface area contributed by atoms with Gasteiger partial charge in [0.15, 0.2) is 0 Å². The summed E-state index contributed by atoms with van der Waals surface area (Å²) >= 11 is 0. The summed E-state index contributed by atoms with van der Waals surface area (Å²) in [6.07, 6.45) is 1.63. The first-order valence-corrected chi connectivity index (χ1v) is 10.4. The molecule has 7 nitrogen and oxygen atoms in total. The number of ether oxygens (including phenoxy) is 1. The highest BCUT2D eigenvalue weighted by atomic mass is 32.2. The Kier molecular flexibility index (Phi) is 7.42. The van der Waals surface area contributed by atoms with Gasteiger partial charge in [0.2, 0.25) is 10.0 Å². The van der Waals surface area contributed by atoms with E-state index >= 15 is 0 Å². The molecule has 0 aromatic heterocycles. The summed E-state index contributed by atoms with van der Waals surface area (Å²) in [4.78, 5) is 14.3. The number of hydrogen-bond acceptors (Lipinski definition) is 5. The Labute approximate surface area is 166 Å². The predicted molar refractivity (Wildman–Crippen MR) is 111 cm³/mol. The van der Waals surface area contributed by atoms with E-state index in [1.165, 1.54) is 31.9 Å². The smallest absolute Gasteiger partial charge is 0.251 e. The molecule has 152 valence electrons. The van der Waals surface area contributed by atoms with Crippen LogP contribution in [0.25, 0.3) is 0 Å². The number of nitrogens with one attached hydrogen (secondary N) is 2. The van der Waals surface area contributed by atoms with Crippen LogP contribution in [0.15, 0.2) is 47.4 Å². The maximum absolute atomic E-state index is 12.4. The molecule has 0 heterocycles. The average molecular weight is 406 g/mol. The van der Waals surface area contributed by atoms with Crippen LogP contribution >= 0.6 is 0 Å². The summed E-state index contributed by atoms with van der Waals surface area (Å²) in [5, 5.41) is 2.83. The van der Waals surface area contributed by atoms with Crippen molar-refractivity contribution in [1.82, 2.24) is 10.0 Å². The van der Waals surface area contributed by atoms with Gasteiger partial charge < -0.3 is 15.0 Å². The molecule has 0 saturated heterocycles. The maximum atomic E-state index is 12.4. The van der Waals surface area contributed by atoms with E-state index in [1.54, 1.807) is 6.07 Å². The number of anilines is 1. The van der Waals surface area contributed by atoms with E-state index in [0.717, 1.165) is 18.5 Å². The van der Waals surface area contributed by atoms with E-state index in [4.69, 9.17) is 4.74 Å². The van der Waals surface area contributed by atoms with Crippen LogP contribution in [-0.4, -0.2) is 49.1 Å². The second kappa shape index (κ2) is 9.57. The number of nitrogens with zero attached hydrogens (tertiary/aromatic N) is 1. The van der Waals surface area contributed by atoms with E-state index in [2.05, 4.69) is 34.3 Å². The van der Waals surface area contributed by atoms with Crippen molar-refractivity contribution >= 4 is 21.6 Å². The van der Waals surface area contributed by atoms with Crippen LogP contribution in [-0.2, 0) is 16.4 Å². The third kappa shape index (κ3) is 5.46. The number of hydrogen-bond donors (Lipinski definition) is 2. The summed E-state index contributed by atoms with van der Waals surface area (Å²) in [6.45, 7) is 0.494. The lowest BCUT2D eigenvalue weighted by molar-refractivity contribution is 0.0953. The van der Waals surface area contributed by atoms with E-state index in [-0.39, 0.29) is 22.1 Å². The third-order valence-corrected chi connectivity index (χ3v) is 5.80. The van der Waals surface area contributed by atoms with Gasteiger partial charge in [-0.25, -0.2) is 13.1 Å². The fraction of sp³-hybridized carbons (Fsp3) is 0.350. The van der Waals surface area contributed by atoms with Gasteiger partial charge in [-0.05, 0) is 55.8 Å². The Balaban J connectivity index is 1.95. The first-order valence-electron chi connectivity index (χ1n) is 8.94. The first-order chi connectivity index (χ1) is 13.3. The zero-order chi connectivity index (χ0) is 20.7. The Morgan fingerprint density at radius 2 is 1.79 bits per heavy atom. The van der Waals surface area contributed by atoms with Crippen LogP contribution < -0.4 is 19.7 Å². The van der Waals surface area contributed by atoms with Gasteiger partial charge in [-0.2, -0.15) is 0 Å². The molecule has 2 aromatic carbocycles. The minimum atomic E-state index is -3.73. The van der Waals surface area contributed by atoms with Gasteiger partial charge in [0.05, 0.1) is 7.11 Å². The maximum Gasteiger partial charge on any atom is 0.251 e. The molecule has 2 aromatic rings.